The van der Waals surface area contributed by atoms with Crippen molar-refractivity contribution in [3.63, 3.8) is 0 Å². The number of cyclic esters (lactones) is 1. The maximum Gasteiger partial charge on any atom is 0.329 e. The summed E-state index contributed by atoms with van der Waals surface area (Å²) in [5, 5.41) is 9.94. The lowest BCUT2D eigenvalue weighted by molar-refractivity contribution is -0.163. The maximum atomic E-state index is 14.6. The fourth-order valence-corrected chi connectivity index (χ4v) is 6.26. The molecule has 1 aromatic rings. The predicted octanol–water partition coefficient (Wildman–Crippen LogP) is 4.64. The van der Waals surface area contributed by atoms with Crippen molar-refractivity contribution in [2.24, 2.45) is 11.8 Å². The van der Waals surface area contributed by atoms with Gasteiger partial charge in [0.15, 0.2) is 11.5 Å². The standard InChI is InChI=1S/C32H47NO8/c1-21-11-10-16-39-25(19-34)20-40-28-18-24(17-27(37-3)30(28)38-4)29(23-12-6-5-7-13-23)31(35)33-15-9-8-14-26(33)32(36)41-22(21)2/h10-11,17-18,21-23,25-26,29,34H,5-9,12-16,19-20H2,1-4H3/b11-10+/t21-,22-,25-,26+,29+/m1/s1. The summed E-state index contributed by atoms with van der Waals surface area (Å²) in [5.74, 6) is 0.523. The van der Waals surface area contributed by atoms with Crippen LogP contribution in [0.5, 0.6) is 17.2 Å². The number of benzene rings is 1. The third-order valence-electron chi connectivity index (χ3n) is 8.81. The molecule has 2 fully saturated rings. The Balaban J connectivity index is 1.79. The Morgan fingerprint density at radius 2 is 1.76 bits per heavy atom. The molecule has 9 nitrogen and oxygen atoms in total. The molecule has 0 unspecified atom stereocenters. The molecule has 5 atom stereocenters. The number of ether oxygens (including phenoxy) is 5. The van der Waals surface area contributed by atoms with Crippen LogP contribution in [0.2, 0.25) is 0 Å². The van der Waals surface area contributed by atoms with Gasteiger partial charge in [0.2, 0.25) is 11.7 Å². The number of amides is 1. The second kappa shape index (κ2) is 14.9. The van der Waals surface area contributed by atoms with Crippen molar-refractivity contribution in [1.82, 2.24) is 4.90 Å². The lowest BCUT2D eigenvalue weighted by Crippen LogP contribution is -2.51. The van der Waals surface area contributed by atoms with Crippen molar-refractivity contribution >= 4 is 11.9 Å². The first kappa shape index (κ1) is 31.2. The molecule has 1 saturated carbocycles. The van der Waals surface area contributed by atoms with Crippen LogP contribution in [0.1, 0.15) is 76.7 Å². The van der Waals surface area contributed by atoms with Gasteiger partial charge in [-0.15, -0.1) is 0 Å². The van der Waals surface area contributed by atoms with Crippen LogP contribution in [0.3, 0.4) is 0 Å². The minimum absolute atomic E-state index is 0.0463. The number of rotatable bonds is 4. The number of aliphatic hydroxyl groups excluding tert-OH is 1. The van der Waals surface area contributed by atoms with E-state index in [1.807, 2.05) is 38.1 Å². The number of nitrogens with zero attached hydrogens (tertiary/aromatic N) is 1. The first-order chi connectivity index (χ1) is 19.9. The number of fused-ring (bicyclic) bond motifs is 3. The van der Waals surface area contributed by atoms with Crippen LogP contribution in [0.25, 0.3) is 0 Å². The fourth-order valence-electron chi connectivity index (χ4n) is 6.26. The third kappa shape index (κ3) is 7.55. The van der Waals surface area contributed by atoms with E-state index in [0.29, 0.717) is 30.2 Å². The Labute approximate surface area is 244 Å². The quantitative estimate of drug-likeness (QED) is 0.410. The van der Waals surface area contributed by atoms with Crippen LogP contribution in [0.4, 0.5) is 0 Å². The van der Waals surface area contributed by atoms with Crippen LogP contribution < -0.4 is 14.2 Å². The zero-order valence-corrected chi connectivity index (χ0v) is 25.0. The van der Waals surface area contributed by atoms with Gasteiger partial charge in [-0.25, -0.2) is 4.79 Å². The fraction of sp³-hybridized carbons (Fsp3) is 0.688. The number of methoxy groups -OCH3 is 2. The molecule has 1 amide bonds. The van der Waals surface area contributed by atoms with E-state index >= 15 is 0 Å². The third-order valence-corrected chi connectivity index (χ3v) is 8.81. The van der Waals surface area contributed by atoms with Gasteiger partial charge in [-0.2, -0.15) is 0 Å². The van der Waals surface area contributed by atoms with Crippen molar-refractivity contribution < 1.29 is 38.4 Å². The number of hydrogen-bond acceptors (Lipinski definition) is 8. The average molecular weight is 574 g/mol. The van der Waals surface area contributed by atoms with E-state index in [0.717, 1.165) is 50.5 Å². The van der Waals surface area contributed by atoms with Gasteiger partial charge in [-0.3, -0.25) is 4.79 Å². The van der Waals surface area contributed by atoms with Gasteiger partial charge in [0.05, 0.1) is 33.4 Å². The number of carbonyl (C=O) groups is 2. The highest BCUT2D eigenvalue weighted by Crippen LogP contribution is 2.45. The van der Waals surface area contributed by atoms with Gasteiger partial charge >= 0.3 is 5.97 Å². The largest absolute Gasteiger partial charge is 0.493 e. The molecule has 2 aliphatic heterocycles. The molecule has 0 spiro atoms. The Bertz CT molecular complexity index is 1050. The van der Waals surface area contributed by atoms with Gasteiger partial charge < -0.3 is 33.7 Å². The first-order valence-electron chi connectivity index (χ1n) is 15.2. The molecule has 2 heterocycles. The number of piperidine rings is 1. The molecule has 1 saturated heterocycles. The molecule has 1 aromatic carbocycles. The molecule has 1 N–H and O–H groups in total. The molecule has 228 valence electrons. The summed E-state index contributed by atoms with van der Waals surface area (Å²) < 4.78 is 29.3. The van der Waals surface area contributed by atoms with Crippen molar-refractivity contribution in [3.8, 4) is 17.2 Å². The van der Waals surface area contributed by atoms with Crippen molar-refractivity contribution in [2.45, 2.75) is 89.4 Å². The number of esters is 1. The van der Waals surface area contributed by atoms with E-state index in [4.69, 9.17) is 23.7 Å². The van der Waals surface area contributed by atoms with Gasteiger partial charge in [0, 0.05) is 12.5 Å². The summed E-state index contributed by atoms with van der Waals surface area (Å²) in [6.07, 6.45) is 10.3. The summed E-state index contributed by atoms with van der Waals surface area (Å²) >= 11 is 0. The topological polar surface area (TPSA) is 104 Å². The van der Waals surface area contributed by atoms with Crippen molar-refractivity contribution in [1.29, 1.82) is 0 Å². The second-order valence-corrected chi connectivity index (χ2v) is 11.6. The van der Waals surface area contributed by atoms with Crippen LogP contribution >= 0.6 is 0 Å². The van der Waals surface area contributed by atoms with Crippen LogP contribution in [-0.2, 0) is 19.1 Å². The Morgan fingerprint density at radius 3 is 2.46 bits per heavy atom. The second-order valence-electron chi connectivity index (χ2n) is 11.6. The molecule has 9 heteroatoms. The molecular weight excluding hydrogens is 526 g/mol. The molecular formula is C32H47NO8. The van der Waals surface area contributed by atoms with Gasteiger partial charge in [-0.05, 0) is 62.6 Å². The SMILES string of the molecule is COc1cc2cc(c1OC)OC[C@@H](CO)OC/C=C/[C@@H](C)[C@@H](C)OC(=O)[C@@H]1CCCCN1C(=O)[C@H]2C1CCCCC1. The zero-order valence-electron chi connectivity index (χ0n) is 25.0. The molecule has 0 aromatic heterocycles. The summed E-state index contributed by atoms with van der Waals surface area (Å²) in [6.45, 7) is 4.52. The van der Waals surface area contributed by atoms with Gasteiger partial charge in [-0.1, -0.05) is 38.3 Å². The van der Waals surface area contributed by atoms with E-state index in [-0.39, 0.29) is 49.6 Å². The summed E-state index contributed by atoms with van der Waals surface area (Å²) in [5.41, 5.74) is 0.778. The van der Waals surface area contributed by atoms with Crippen molar-refractivity contribution in [2.75, 3.05) is 40.6 Å². The Kier molecular flexibility index (Phi) is 11.3. The van der Waals surface area contributed by atoms with E-state index in [1.54, 1.807) is 19.1 Å². The van der Waals surface area contributed by atoms with E-state index in [2.05, 4.69) is 0 Å². The van der Waals surface area contributed by atoms with E-state index in [9.17, 15) is 14.7 Å². The molecule has 4 rings (SSSR count). The summed E-state index contributed by atoms with van der Waals surface area (Å²) in [6, 6.07) is 3.12. The lowest BCUT2D eigenvalue weighted by atomic mass is 9.75. The number of hydrogen-bond donors (Lipinski definition) is 1. The predicted molar refractivity (Wildman–Crippen MR) is 154 cm³/mol. The highest BCUT2D eigenvalue weighted by molar-refractivity contribution is 5.89. The summed E-state index contributed by atoms with van der Waals surface area (Å²) in [4.78, 5) is 29.9. The Morgan fingerprint density at radius 1 is 1.00 bits per heavy atom. The van der Waals surface area contributed by atoms with Crippen LogP contribution in [-0.4, -0.2) is 80.7 Å². The zero-order chi connectivity index (χ0) is 29.4. The van der Waals surface area contributed by atoms with Crippen molar-refractivity contribution in [3.05, 3.63) is 29.8 Å². The average Bonchev–Trinajstić information content (AvgIpc) is 3.00. The van der Waals surface area contributed by atoms with Crippen LogP contribution in [0, 0.1) is 11.8 Å². The molecule has 0 radical (unpaired) electrons. The van der Waals surface area contributed by atoms with Gasteiger partial charge in [0.1, 0.15) is 24.9 Å². The first-order valence-corrected chi connectivity index (χ1v) is 15.2. The normalized spacial score (nSPS) is 29.8. The molecule has 2 bridgehead atoms. The maximum absolute atomic E-state index is 14.6. The van der Waals surface area contributed by atoms with Crippen LogP contribution in [0.15, 0.2) is 24.3 Å². The van der Waals surface area contributed by atoms with Gasteiger partial charge in [0.25, 0.3) is 0 Å². The summed E-state index contributed by atoms with van der Waals surface area (Å²) in [7, 11) is 3.11. The minimum atomic E-state index is -0.607. The molecule has 1 aliphatic carbocycles. The molecule has 41 heavy (non-hydrogen) atoms. The minimum Gasteiger partial charge on any atom is -0.493 e. The van der Waals surface area contributed by atoms with E-state index in [1.165, 1.54) is 0 Å². The monoisotopic (exact) mass is 573 g/mol. The highest BCUT2D eigenvalue weighted by Gasteiger charge is 2.41. The molecule has 3 aliphatic rings. The Hall–Kier alpha value is -2.78. The highest BCUT2D eigenvalue weighted by atomic mass is 16.6. The lowest BCUT2D eigenvalue weighted by Gasteiger charge is -2.40. The smallest absolute Gasteiger partial charge is 0.329 e. The number of aliphatic hydroxyl groups is 1. The van der Waals surface area contributed by atoms with E-state index < -0.39 is 18.1 Å². The number of carbonyl (C=O) groups excluding carboxylic acids is 2.